The van der Waals surface area contributed by atoms with Crippen molar-refractivity contribution in [1.82, 2.24) is 0 Å². The topological polar surface area (TPSA) is 112 Å². The third-order valence-corrected chi connectivity index (χ3v) is 8.70. The number of thiophene rings is 1. The summed E-state index contributed by atoms with van der Waals surface area (Å²) >= 11 is 0.640. The van der Waals surface area contributed by atoms with E-state index in [4.69, 9.17) is 0 Å². The number of hydrogen-bond acceptors (Lipinski definition) is 5. The number of nitrogens with zero attached hydrogens (tertiary/aromatic N) is 1. The molecule has 1 aromatic heterocycles. The van der Waals surface area contributed by atoms with Gasteiger partial charge in [0.2, 0.25) is 5.69 Å². The van der Waals surface area contributed by atoms with Crippen molar-refractivity contribution in [3.63, 3.8) is 0 Å². The zero-order valence-corrected chi connectivity index (χ0v) is 17.9. The van der Waals surface area contributed by atoms with E-state index in [1.165, 1.54) is 12.1 Å². The summed E-state index contributed by atoms with van der Waals surface area (Å²) in [6.45, 7) is 8.69. The Morgan fingerprint density at radius 1 is 1.11 bits per heavy atom. The molecule has 27 heavy (non-hydrogen) atoms. The lowest BCUT2D eigenvalue weighted by atomic mass is 9.80. The average Bonchev–Trinajstić information content (AvgIpc) is 3.03. The quantitative estimate of drug-likeness (QED) is 0.552. The summed E-state index contributed by atoms with van der Waals surface area (Å²) in [5.41, 5.74) is 1.99. The van der Waals surface area contributed by atoms with Crippen molar-refractivity contribution in [3.05, 3.63) is 17.7 Å². The summed E-state index contributed by atoms with van der Waals surface area (Å²) in [6, 6.07) is 2.70. The fraction of sp³-hybridized carbons (Fsp3) is 0.471. The number of rotatable bonds is 5. The minimum absolute atomic E-state index is 0.127. The van der Waals surface area contributed by atoms with Crippen molar-refractivity contribution < 1.29 is 30.5 Å². The van der Waals surface area contributed by atoms with Gasteiger partial charge in [-0.15, -0.1) is 11.3 Å². The molecule has 0 bridgehead atoms. The molecule has 2 N–H and O–H groups in total. The Balaban J connectivity index is 2.48. The molecule has 3 rings (SSSR count). The SMILES string of the molecule is CCCC[N+]1=C(C)C(C)(C)c2c1cc(S(=O)(=O)O)c1sc(S(=O)(=O)O)cc21. The lowest BCUT2D eigenvalue weighted by molar-refractivity contribution is -0.439. The number of benzene rings is 1. The Labute approximate surface area is 162 Å². The van der Waals surface area contributed by atoms with Gasteiger partial charge >= 0.3 is 10.1 Å². The Morgan fingerprint density at radius 2 is 1.74 bits per heavy atom. The highest BCUT2D eigenvalue weighted by molar-refractivity contribution is 7.88. The van der Waals surface area contributed by atoms with Crippen LogP contribution < -0.4 is 0 Å². The van der Waals surface area contributed by atoms with Crippen molar-refractivity contribution >= 4 is 53.1 Å². The maximum atomic E-state index is 12.0. The minimum atomic E-state index is -4.58. The lowest BCUT2D eigenvalue weighted by Crippen LogP contribution is -2.26. The summed E-state index contributed by atoms with van der Waals surface area (Å²) in [6.07, 6.45) is 1.85. The molecule has 2 aromatic rings. The van der Waals surface area contributed by atoms with E-state index >= 15 is 0 Å². The predicted molar refractivity (Wildman–Crippen MR) is 105 cm³/mol. The zero-order chi connectivity index (χ0) is 20.4. The van der Waals surface area contributed by atoms with E-state index in [9.17, 15) is 25.9 Å². The first kappa shape index (κ1) is 20.4. The van der Waals surface area contributed by atoms with E-state index < -0.39 is 25.7 Å². The van der Waals surface area contributed by atoms with Gasteiger partial charge in [-0.3, -0.25) is 9.11 Å². The van der Waals surface area contributed by atoms with Crippen molar-refractivity contribution in [2.24, 2.45) is 0 Å². The van der Waals surface area contributed by atoms with Gasteiger partial charge in [-0.2, -0.15) is 21.4 Å². The van der Waals surface area contributed by atoms with Gasteiger partial charge in [-0.1, -0.05) is 13.3 Å². The van der Waals surface area contributed by atoms with Gasteiger partial charge in [0.15, 0.2) is 5.71 Å². The van der Waals surface area contributed by atoms with Crippen LogP contribution in [-0.4, -0.2) is 42.8 Å². The molecule has 10 heteroatoms. The second-order valence-corrected chi connectivity index (χ2v) is 11.3. The van der Waals surface area contributed by atoms with Crippen LogP contribution in [0.2, 0.25) is 0 Å². The maximum Gasteiger partial charge on any atom is 0.304 e. The standard InChI is InChI=1S/C17H21NO6S3/c1-5-6-7-18-10(2)17(3,4)15-11-8-14(27(22,23)24)25-16(11)13(9-12(15)18)26(19,20)21/h8-9H,5-7H2,1-4H3,(H-,19,20,21,22,23,24)/p+1. The van der Waals surface area contributed by atoms with Crippen molar-refractivity contribution in [2.45, 2.75) is 55.1 Å². The molecular formula is C17H22NO6S3+. The van der Waals surface area contributed by atoms with Crippen LogP contribution in [0.1, 0.15) is 46.1 Å². The van der Waals surface area contributed by atoms with Gasteiger partial charge in [0, 0.05) is 30.4 Å². The molecule has 0 unspecified atom stereocenters. The van der Waals surface area contributed by atoms with Gasteiger partial charge in [-0.25, -0.2) is 0 Å². The molecule has 1 aliphatic heterocycles. The molecule has 0 saturated carbocycles. The fourth-order valence-electron chi connectivity index (χ4n) is 3.63. The van der Waals surface area contributed by atoms with Gasteiger partial charge < -0.3 is 0 Å². The Kier molecular flexibility index (Phi) is 4.80. The maximum absolute atomic E-state index is 12.0. The highest BCUT2D eigenvalue weighted by Gasteiger charge is 2.46. The summed E-state index contributed by atoms with van der Waals surface area (Å²) < 4.78 is 68.2. The summed E-state index contributed by atoms with van der Waals surface area (Å²) in [5, 5.41) is 0.418. The summed E-state index contributed by atoms with van der Waals surface area (Å²) in [4.78, 5) is -0.344. The van der Waals surface area contributed by atoms with Gasteiger partial charge in [0.1, 0.15) is 15.6 Å². The highest BCUT2D eigenvalue weighted by atomic mass is 32.3. The molecule has 0 fully saturated rings. The van der Waals surface area contributed by atoms with E-state index in [-0.39, 0.29) is 13.8 Å². The minimum Gasteiger partial charge on any atom is -0.282 e. The van der Waals surface area contributed by atoms with Crippen molar-refractivity contribution in [1.29, 1.82) is 0 Å². The van der Waals surface area contributed by atoms with Crippen LogP contribution >= 0.6 is 11.3 Å². The first-order valence-corrected chi connectivity index (χ1v) is 12.2. The highest BCUT2D eigenvalue weighted by Crippen LogP contribution is 2.48. The summed E-state index contributed by atoms with van der Waals surface area (Å²) in [5.74, 6) is 0. The van der Waals surface area contributed by atoms with Crippen LogP contribution in [0.25, 0.3) is 10.1 Å². The smallest absolute Gasteiger partial charge is 0.282 e. The van der Waals surface area contributed by atoms with Gasteiger partial charge in [0.25, 0.3) is 10.1 Å². The fourth-order valence-corrected chi connectivity index (χ4v) is 6.42. The second-order valence-electron chi connectivity index (χ2n) is 7.24. The normalized spacial score (nSPS) is 17.0. The molecule has 0 aliphatic carbocycles. The third-order valence-electron chi connectivity index (χ3n) is 5.22. The lowest BCUT2D eigenvalue weighted by Gasteiger charge is -2.16. The molecule has 148 valence electrons. The van der Waals surface area contributed by atoms with E-state index in [0.29, 0.717) is 29.0 Å². The molecule has 7 nitrogen and oxygen atoms in total. The average molecular weight is 433 g/mol. The first-order valence-electron chi connectivity index (χ1n) is 8.47. The van der Waals surface area contributed by atoms with Crippen molar-refractivity contribution in [3.8, 4) is 0 Å². The van der Waals surface area contributed by atoms with E-state index in [1.54, 1.807) is 0 Å². The van der Waals surface area contributed by atoms with Crippen LogP contribution in [0.5, 0.6) is 0 Å². The molecule has 0 radical (unpaired) electrons. The molecule has 0 saturated heterocycles. The Bertz CT molecular complexity index is 1190. The van der Waals surface area contributed by atoms with Gasteiger partial charge in [-0.05, 0) is 19.9 Å². The van der Waals surface area contributed by atoms with Crippen molar-refractivity contribution in [2.75, 3.05) is 6.54 Å². The van der Waals surface area contributed by atoms with Crippen LogP contribution in [0, 0.1) is 0 Å². The predicted octanol–water partition coefficient (Wildman–Crippen LogP) is 3.59. The van der Waals surface area contributed by atoms with Crippen LogP contribution in [0.15, 0.2) is 21.2 Å². The summed E-state index contributed by atoms with van der Waals surface area (Å²) in [7, 11) is -9.08. The molecule has 0 atom stereocenters. The van der Waals surface area contributed by atoms with Crippen LogP contribution in [-0.2, 0) is 25.7 Å². The molecule has 0 spiro atoms. The Hall–Kier alpha value is -1.33. The molecule has 1 aliphatic rings. The van der Waals surface area contributed by atoms with E-state index in [2.05, 4.69) is 6.92 Å². The first-order chi connectivity index (χ1) is 12.3. The Morgan fingerprint density at radius 3 is 2.26 bits per heavy atom. The number of fused-ring (bicyclic) bond motifs is 3. The molecule has 0 amide bonds. The van der Waals surface area contributed by atoms with E-state index in [1.807, 2.05) is 25.3 Å². The van der Waals surface area contributed by atoms with Crippen LogP contribution in [0.3, 0.4) is 0 Å². The number of hydrogen-bond donors (Lipinski definition) is 2. The largest absolute Gasteiger partial charge is 0.304 e. The number of unbranched alkanes of at least 4 members (excludes halogenated alkanes) is 1. The monoisotopic (exact) mass is 432 g/mol. The zero-order valence-electron chi connectivity index (χ0n) is 15.5. The van der Waals surface area contributed by atoms with Crippen LogP contribution in [0.4, 0.5) is 5.69 Å². The molecular weight excluding hydrogens is 410 g/mol. The van der Waals surface area contributed by atoms with Gasteiger partial charge in [0.05, 0.1) is 10.1 Å². The molecule has 1 aromatic carbocycles. The van der Waals surface area contributed by atoms with E-state index in [0.717, 1.165) is 24.1 Å². The third kappa shape index (κ3) is 3.23. The second kappa shape index (κ2) is 6.35. The molecule has 2 heterocycles.